The van der Waals surface area contributed by atoms with E-state index >= 15 is 0 Å². The lowest BCUT2D eigenvalue weighted by molar-refractivity contribution is 0.0243. The Kier molecular flexibility index (Phi) is 6.28. The van der Waals surface area contributed by atoms with Gasteiger partial charge in [0.2, 0.25) is 0 Å². The lowest BCUT2D eigenvalue weighted by Crippen LogP contribution is -2.45. The van der Waals surface area contributed by atoms with Gasteiger partial charge in [-0.3, -0.25) is 0 Å². The summed E-state index contributed by atoms with van der Waals surface area (Å²) in [5.74, 6) is 0.837. The van der Waals surface area contributed by atoms with Crippen molar-refractivity contribution in [1.29, 1.82) is 0 Å². The fourth-order valence-corrected chi connectivity index (χ4v) is 3.18. The topological polar surface area (TPSA) is 63.5 Å². The van der Waals surface area contributed by atoms with Crippen molar-refractivity contribution in [3.05, 3.63) is 54.1 Å². The third kappa shape index (κ3) is 5.33. The summed E-state index contributed by atoms with van der Waals surface area (Å²) in [4.78, 5) is 8.83. The molecule has 2 N–H and O–H groups in total. The lowest BCUT2D eigenvalue weighted by Gasteiger charge is -2.24. The number of hydrogen-bond acceptors (Lipinski definition) is 3. The third-order valence-electron chi connectivity index (χ3n) is 4.61. The molecule has 1 aliphatic heterocycles. The van der Waals surface area contributed by atoms with E-state index in [1.165, 1.54) is 11.1 Å². The minimum absolute atomic E-state index is 0.0824. The molecule has 3 rings (SSSR count). The van der Waals surface area contributed by atoms with Crippen LogP contribution < -0.4 is 10.6 Å². The van der Waals surface area contributed by atoms with Crippen LogP contribution in [0.5, 0.6) is 0 Å². The van der Waals surface area contributed by atoms with Gasteiger partial charge in [0.05, 0.1) is 18.5 Å². The molecule has 0 spiro atoms. The summed E-state index contributed by atoms with van der Waals surface area (Å²) >= 11 is 0. The number of imidazole rings is 1. The van der Waals surface area contributed by atoms with Gasteiger partial charge in [0.1, 0.15) is 0 Å². The third-order valence-corrected chi connectivity index (χ3v) is 4.61. The van der Waals surface area contributed by atoms with Gasteiger partial charge >= 0.3 is 0 Å². The van der Waals surface area contributed by atoms with Crippen molar-refractivity contribution in [3.63, 3.8) is 0 Å². The highest BCUT2D eigenvalue weighted by atomic mass is 16.5. The molecule has 0 radical (unpaired) electrons. The minimum Gasteiger partial charge on any atom is -0.373 e. The van der Waals surface area contributed by atoms with E-state index in [4.69, 9.17) is 9.73 Å². The molecule has 6 nitrogen and oxygen atoms in total. The zero-order valence-corrected chi connectivity index (χ0v) is 15.7. The zero-order valence-electron chi connectivity index (χ0n) is 15.7. The highest BCUT2D eigenvalue weighted by molar-refractivity contribution is 5.79. The average molecular weight is 355 g/mol. The van der Waals surface area contributed by atoms with Crippen molar-refractivity contribution < 1.29 is 4.74 Å². The van der Waals surface area contributed by atoms with Crippen molar-refractivity contribution in [1.82, 2.24) is 20.2 Å². The SMILES string of the molecule is CCNC(=NCc1cccc(Cn2ccnc2)c1)NCC1(C)CCCO1. The van der Waals surface area contributed by atoms with Gasteiger partial charge in [-0.1, -0.05) is 24.3 Å². The number of rotatable bonds is 7. The van der Waals surface area contributed by atoms with Crippen molar-refractivity contribution in [2.75, 3.05) is 19.7 Å². The molecule has 1 saturated heterocycles. The minimum atomic E-state index is -0.0824. The number of nitrogens with one attached hydrogen (secondary N) is 2. The standard InChI is InChI=1S/C20H29N5O/c1-3-22-19(24-15-20(2)8-5-11-26-20)23-13-17-6-4-7-18(12-17)14-25-10-9-21-16-25/h4,6-7,9-10,12,16H,3,5,8,11,13-15H2,1-2H3,(H2,22,23,24). The van der Waals surface area contributed by atoms with Gasteiger partial charge in [-0.2, -0.15) is 0 Å². The maximum Gasteiger partial charge on any atom is 0.191 e. The Hall–Kier alpha value is -2.34. The molecule has 1 atom stereocenters. The Bertz CT molecular complexity index is 705. The fraction of sp³-hybridized carbons (Fsp3) is 0.500. The molecule has 2 heterocycles. The Morgan fingerprint density at radius 3 is 2.96 bits per heavy atom. The van der Waals surface area contributed by atoms with Crippen LogP contribution in [0.2, 0.25) is 0 Å². The maximum atomic E-state index is 5.84. The van der Waals surface area contributed by atoms with Crippen LogP contribution in [0.4, 0.5) is 0 Å². The van der Waals surface area contributed by atoms with E-state index in [1.807, 2.05) is 12.5 Å². The van der Waals surface area contributed by atoms with Crippen molar-refractivity contribution in [3.8, 4) is 0 Å². The van der Waals surface area contributed by atoms with Crippen LogP contribution in [-0.2, 0) is 17.8 Å². The Labute approximate surface area is 155 Å². The summed E-state index contributed by atoms with van der Waals surface area (Å²) in [6, 6.07) is 8.54. The van der Waals surface area contributed by atoms with E-state index in [1.54, 1.807) is 6.20 Å². The predicted molar refractivity (Wildman–Crippen MR) is 104 cm³/mol. The van der Waals surface area contributed by atoms with Crippen molar-refractivity contribution in [2.45, 2.75) is 45.4 Å². The molecule has 0 saturated carbocycles. The molecule has 0 bridgehead atoms. The molecular weight excluding hydrogens is 326 g/mol. The van der Waals surface area contributed by atoms with Gasteiger partial charge in [0, 0.05) is 38.6 Å². The summed E-state index contributed by atoms with van der Waals surface area (Å²) in [5.41, 5.74) is 2.37. The molecule has 140 valence electrons. The van der Waals surface area contributed by atoms with Gasteiger partial charge < -0.3 is 19.9 Å². The largest absolute Gasteiger partial charge is 0.373 e. The normalized spacial score (nSPS) is 20.3. The van der Waals surface area contributed by atoms with Crippen molar-refractivity contribution in [2.24, 2.45) is 4.99 Å². The van der Waals surface area contributed by atoms with E-state index in [-0.39, 0.29) is 5.60 Å². The van der Waals surface area contributed by atoms with Crippen LogP contribution in [-0.4, -0.2) is 40.8 Å². The van der Waals surface area contributed by atoms with E-state index in [0.29, 0.717) is 6.54 Å². The maximum absolute atomic E-state index is 5.84. The smallest absolute Gasteiger partial charge is 0.191 e. The Morgan fingerprint density at radius 1 is 1.35 bits per heavy atom. The first kappa shape index (κ1) is 18.5. The highest BCUT2D eigenvalue weighted by Gasteiger charge is 2.29. The van der Waals surface area contributed by atoms with Crippen molar-refractivity contribution >= 4 is 5.96 Å². The average Bonchev–Trinajstić information content (AvgIpc) is 3.30. The second-order valence-corrected chi connectivity index (χ2v) is 7.01. The lowest BCUT2D eigenvalue weighted by atomic mass is 10.0. The quantitative estimate of drug-likeness (QED) is 0.592. The van der Waals surface area contributed by atoms with Crippen LogP contribution in [0.25, 0.3) is 0 Å². The monoisotopic (exact) mass is 355 g/mol. The first-order chi connectivity index (χ1) is 12.7. The van der Waals surface area contributed by atoms with E-state index in [2.05, 4.69) is 58.3 Å². The fourth-order valence-electron chi connectivity index (χ4n) is 3.18. The molecule has 26 heavy (non-hydrogen) atoms. The number of hydrogen-bond donors (Lipinski definition) is 2. The zero-order chi connectivity index (χ0) is 18.2. The summed E-state index contributed by atoms with van der Waals surface area (Å²) in [5, 5.41) is 6.74. The molecule has 0 aliphatic carbocycles. The second-order valence-electron chi connectivity index (χ2n) is 7.01. The van der Waals surface area contributed by atoms with E-state index < -0.39 is 0 Å². The summed E-state index contributed by atoms with van der Waals surface area (Å²) in [7, 11) is 0. The van der Waals surface area contributed by atoms with Crippen LogP contribution in [0.1, 0.15) is 37.8 Å². The second kappa shape index (κ2) is 8.85. The van der Waals surface area contributed by atoms with Gasteiger partial charge in [0.15, 0.2) is 5.96 Å². The molecule has 1 aromatic carbocycles. The molecule has 2 aromatic rings. The van der Waals surface area contributed by atoms with Crippen LogP contribution in [0.15, 0.2) is 48.0 Å². The number of nitrogens with zero attached hydrogens (tertiary/aromatic N) is 3. The molecular formula is C20H29N5O. The molecule has 1 fully saturated rings. The van der Waals surface area contributed by atoms with Crippen LogP contribution in [0.3, 0.4) is 0 Å². The summed E-state index contributed by atoms with van der Waals surface area (Å²) < 4.78 is 7.91. The summed E-state index contributed by atoms with van der Waals surface area (Å²) in [6.45, 7) is 8.18. The Morgan fingerprint density at radius 2 is 2.23 bits per heavy atom. The molecule has 1 unspecified atom stereocenters. The predicted octanol–water partition coefficient (Wildman–Crippen LogP) is 2.56. The molecule has 1 aliphatic rings. The molecule has 6 heteroatoms. The van der Waals surface area contributed by atoms with Gasteiger partial charge in [0.25, 0.3) is 0 Å². The molecule has 1 aromatic heterocycles. The Balaban J connectivity index is 1.59. The van der Waals surface area contributed by atoms with Gasteiger partial charge in [-0.05, 0) is 37.8 Å². The number of aliphatic imine (C=N–C) groups is 1. The van der Waals surface area contributed by atoms with E-state index in [0.717, 1.165) is 45.0 Å². The first-order valence-electron chi connectivity index (χ1n) is 9.36. The number of aromatic nitrogens is 2. The van der Waals surface area contributed by atoms with Crippen LogP contribution >= 0.6 is 0 Å². The highest BCUT2D eigenvalue weighted by Crippen LogP contribution is 2.23. The first-order valence-corrected chi connectivity index (χ1v) is 9.36. The van der Waals surface area contributed by atoms with Gasteiger partial charge in [-0.25, -0.2) is 9.98 Å². The van der Waals surface area contributed by atoms with Gasteiger partial charge in [-0.15, -0.1) is 0 Å². The van der Waals surface area contributed by atoms with Crippen LogP contribution in [0, 0.1) is 0 Å². The van der Waals surface area contributed by atoms with E-state index in [9.17, 15) is 0 Å². The number of benzene rings is 1. The number of guanidine groups is 1. The molecule has 0 amide bonds. The summed E-state index contributed by atoms with van der Waals surface area (Å²) in [6.07, 6.45) is 7.84. The number of ether oxygens (including phenoxy) is 1.